The predicted molar refractivity (Wildman–Crippen MR) is 91.3 cm³/mol. The standard InChI is InChI=1S/C17H17NO4S/c1-22-16-9-6-13(7-10-16)8-11-17(19)14-4-3-5-15(12-14)18-23(2,20)21/h3-12,18H,1-2H3/b11-8+. The van der Waals surface area contributed by atoms with Gasteiger partial charge in [0.1, 0.15) is 5.75 Å². The Morgan fingerprint density at radius 1 is 1.13 bits per heavy atom. The Balaban J connectivity index is 2.13. The zero-order valence-corrected chi connectivity index (χ0v) is 13.6. The maximum atomic E-state index is 12.2. The first-order valence-corrected chi connectivity index (χ1v) is 8.71. The Hall–Kier alpha value is -2.60. The van der Waals surface area contributed by atoms with Gasteiger partial charge < -0.3 is 4.74 Å². The van der Waals surface area contributed by atoms with Crippen LogP contribution >= 0.6 is 0 Å². The van der Waals surface area contributed by atoms with E-state index in [1.807, 2.05) is 12.1 Å². The summed E-state index contributed by atoms with van der Waals surface area (Å²) in [6, 6.07) is 13.6. The highest BCUT2D eigenvalue weighted by Crippen LogP contribution is 2.15. The fraction of sp³-hybridized carbons (Fsp3) is 0.118. The van der Waals surface area contributed by atoms with E-state index in [2.05, 4.69) is 4.72 Å². The molecule has 23 heavy (non-hydrogen) atoms. The van der Waals surface area contributed by atoms with Crippen LogP contribution in [0, 0.1) is 0 Å². The molecular weight excluding hydrogens is 314 g/mol. The number of allylic oxidation sites excluding steroid dienone is 1. The summed E-state index contributed by atoms with van der Waals surface area (Å²) in [5.74, 6) is 0.533. The van der Waals surface area contributed by atoms with Crippen molar-refractivity contribution in [3.8, 4) is 5.75 Å². The van der Waals surface area contributed by atoms with Crippen LogP contribution in [0.2, 0.25) is 0 Å². The van der Waals surface area contributed by atoms with Crippen LogP contribution in [0.15, 0.2) is 54.6 Å². The topological polar surface area (TPSA) is 72.5 Å². The minimum absolute atomic E-state index is 0.210. The molecular formula is C17H17NO4S. The Morgan fingerprint density at radius 2 is 1.83 bits per heavy atom. The molecule has 0 saturated heterocycles. The normalized spacial score (nSPS) is 11.4. The van der Waals surface area contributed by atoms with E-state index in [0.29, 0.717) is 11.3 Å². The largest absolute Gasteiger partial charge is 0.497 e. The van der Waals surface area contributed by atoms with E-state index in [-0.39, 0.29) is 5.78 Å². The first kappa shape index (κ1) is 16.8. The number of benzene rings is 2. The van der Waals surface area contributed by atoms with Gasteiger partial charge in [0.25, 0.3) is 0 Å². The lowest BCUT2D eigenvalue weighted by atomic mass is 10.1. The van der Waals surface area contributed by atoms with Crippen molar-refractivity contribution in [3.63, 3.8) is 0 Å². The number of carbonyl (C=O) groups excluding carboxylic acids is 1. The fourth-order valence-electron chi connectivity index (χ4n) is 1.93. The number of sulfonamides is 1. The summed E-state index contributed by atoms with van der Waals surface area (Å²) in [5, 5.41) is 0. The highest BCUT2D eigenvalue weighted by molar-refractivity contribution is 7.92. The first-order valence-electron chi connectivity index (χ1n) is 6.82. The molecule has 0 bridgehead atoms. The molecule has 6 heteroatoms. The van der Waals surface area contributed by atoms with Crippen LogP contribution < -0.4 is 9.46 Å². The SMILES string of the molecule is COc1ccc(/C=C/C(=O)c2cccc(NS(C)(=O)=O)c2)cc1. The van der Waals surface area contributed by atoms with E-state index in [1.54, 1.807) is 43.5 Å². The molecule has 2 aromatic carbocycles. The van der Waals surface area contributed by atoms with Gasteiger partial charge in [-0.2, -0.15) is 0 Å². The van der Waals surface area contributed by atoms with Crippen LogP contribution in [0.5, 0.6) is 5.75 Å². The minimum Gasteiger partial charge on any atom is -0.497 e. The van der Waals surface area contributed by atoms with Gasteiger partial charge in [-0.3, -0.25) is 9.52 Å². The second-order valence-corrected chi connectivity index (χ2v) is 6.67. The third-order valence-electron chi connectivity index (χ3n) is 2.99. The first-order chi connectivity index (χ1) is 10.9. The third-order valence-corrected chi connectivity index (χ3v) is 3.60. The van der Waals surface area contributed by atoms with E-state index in [9.17, 15) is 13.2 Å². The molecule has 0 unspecified atom stereocenters. The molecule has 0 aliphatic carbocycles. The van der Waals surface area contributed by atoms with Crippen molar-refractivity contribution >= 4 is 27.6 Å². The molecule has 0 heterocycles. The molecule has 0 fully saturated rings. The summed E-state index contributed by atoms with van der Waals surface area (Å²) in [6.45, 7) is 0. The van der Waals surface area contributed by atoms with Gasteiger partial charge in [0, 0.05) is 11.3 Å². The van der Waals surface area contributed by atoms with Crippen LogP contribution in [0.25, 0.3) is 6.08 Å². The summed E-state index contributed by atoms with van der Waals surface area (Å²) in [6.07, 6.45) is 4.20. The number of hydrogen-bond acceptors (Lipinski definition) is 4. The molecule has 0 aromatic heterocycles. The van der Waals surface area contributed by atoms with Gasteiger partial charge in [-0.1, -0.05) is 30.3 Å². The highest BCUT2D eigenvalue weighted by atomic mass is 32.2. The van der Waals surface area contributed by atoms with Crippen molar-refractivity contribution in [1.82, 2.24) is 0 Å². The van der Waals surface area contributed by atoms with Gasteiger partial charge in [0.15, 0.2) is 5.78 Å². The average Bonchev–Trinajstić information content (AvgIpc) is 2.51. The Labute approximate surface area is 135 Å². The zero-order chi connectivity index (χ0) is 16.9. The fourth-order valence-corrected chi connectivity index (χ4v) is 2.49. The molecule has 0 aliphatic rings. The van der Waals surface area contributed by atoms with Crippen molar-refractivity contribution in [1.29, 1.82) is 0 Å². The van der Waals surface area contributed by atoms with Gasteiger partial charge >= 0.3 is 0 Å². The molecule has 0 atom stereocenters. The van der Waals surface area contributed by atoms with Crippen LogP contribution in [-0.4, -0.2) is 27.6 Å². The number of anilines is 1. The summed E-state index contributed by atoms with van der Waals surface area (Å²) in [7, 11) is -1.78. The number of rotatable bonds is 6. The highest BCUT2D eigenvalue weighted by Gasteiger charge is 2.06. The Morgan fingerprint density at radius 3 is 2.43 bits per heavy atom. The number of ketones is 1. The molecule has 1 N–H and O–H groups in total. The third kappa shape index (κ3) is 5.27. The van der Waals surface area contributed by atoms with Crippen LogP contribution in [0.4, 0.5) is 5.69 Å². The van der Waals surface area contributed by atoms with E-state index in [4.69, 9.17) is 4.74 Å². The molecule has 5 nitrogen and oxygen atoms in total. The van der Waals surface area contributed by atoms with Gasteiger partial charge in [-0.05, 0) is 35.9 Å². The minimum atomic E-state index is -3.37. The van der Waals surface area contributed by atoms with Crippen molar-refractivity contribution in [2.75, 3.05) is 18.1 Å². The second-order valence-electron chi connectivity index (χ2n) is 4.93. The van der Waals surface area contributed by atoms with Crippen molar-refractivity contribution in [2.45, 2.75) is 0 Å². The van der Waals surface area contributed by atoms with E-state index in [0.717, 1.165) is 17.6 Å². The smallest absolute Gasteiger partial charge is 0.229 e. The number of carbonyl (C=O) groups is 1. The number of ether oxygens (including phenoxy) is 1. The predicted octanol–water partition coefficient (Wildman–Crippen LogP) is 2.96. The van der Waals surface area contributed by atoms with Crippen LogP contribution in [0.1, 0.15) is 15.9 Å². The van der Waals surface area contributed by atoms with E-state index < -0.39 is 10.0 Å². The number of methoxy groups -OCH3 is 1. The second kappa shape index (κ2) is 7.11. The molecule has 0 aliphatic heterocycles. The molecule has 0 radical (unpaired) electrons. The number of nitrogens with one attached hydrogen (secondary N) is 1. The maximum Gasteiger partial charge on any atom is 0.229 e. The average molecular weight is 331 g/mol. The van der Waals surface area contributed by atoms with Crippen molar-refractivity contribution in [2.24, 2.45) is 0 Å². The molecule has 0 saturated carbocycles. The van der Waals surface area contributed by atoms with Gasteiger partial charge in [0.2, 0.25) is 10.0 Å². The van der Waals surface area contributed by atoms with E-state index in [1.165, 1.54) is 12.1 Å². The van der Waals surface area contributed by atoms with Gasteiger partial charge in [0.05, 0.1) is 13.4 Å². The van der Waals surface area contributed by atoms with Crippen molar-refractivity contribution < 1.29 is 17.9 Å². The maximum absolute atomic E-state index is 12.2. The molecule has 0 spiro atoms. The molecule has 0 amide bonds. The van der Waals surface area contributed by atoms with Gasteiger partial charge in [-0.15, -0.1) is 0 Å². The molecule has 2 rings (SSSR count). The summed E-state index contributed by atoms with van der Waals surface area (Å²) < 4.78 is 29.9. The summed E-state index contributed by atoms with van der Waals surface area (Å²) in [4.78, 5) is 12.2. The monoisotopic (exact) mass is 331 g/mol. The Kier molecular flexibility index (Phi) is 5.18. The van der Waals surface area contributed by atoms with Gasteiger partial charge in [-0.25, -0.2) is 8.42 Å². The van der Waals surface area contributed by atoms with Crippen LogP contribution in [-0.2, 0) is 10.0 Å². The summed E-state index contributed by atoms with van der Waals surface area (Å²) in [5.41, 5.74) is 1.63. The quantitative estimate of drug-likeness (QED) is 0.652. The molecule has 120 valence electrons. The molecule has 2 aromatic rings. The lowest BCUT2D eigenvalue weighted by molar-refractivity contribution is 0.104. The lowest BCUT2D eigenvalue weighted by Crippen LogP contribution is -2.10. The Bertz CT molecular complexity index is 824. The zero-order valence-electron chi connectivity index (χ0n) is 12.8. The van der Waals surface area contributed by atoms with E-state index >= 15 is 0 Å². The lowest BCUT2D eigenvalue weighted by Gasteiger charge is -2.04. The summed E-state index contributed by atoms with van der Waals surface area (Å²) >= 11 is 0. The van der Waals surface area contributed by atoms with Crippen molar-refractivity contribution in [3.05, 3.63) is 65.7 Å². The van der Waals surface area contributed by atoms with Crippen LogP contribution in [0.3, 0.4) is 0 Å². The number of hydrogen-bond donors (Lipinski definition) is 1.